The quantitative estimate of drug-likeness (QED) is 0.789. The van der Waals surface area contributed by atoms with Gasteiger partial charge in [-0.3, -0.25) is 9.69 Å². The maximum absolute atomic E-state index is 12.0. The predicted molar refractivity (Wildman–Crippen MR) is 61.6 cm³/mol. The van der Waals surface area contributed by atoms with Gasteiger partial charge < -0.3 is 5.11 Å². The van der Waals surface area contributed by atoms with E-state index in [4.69, 9.17) is 5.11 Å². The molecule has 1 rings (SSSR count). The monoisotopic (exact) mass is 303 g/mol. The van der Waals surface area contributed by atoms with E-state index in [9.17, 15) is 26.4 Å². The average Bonchev–Trinajstić information content (AvgIpc) is 2.55. The van der Waals surface area contributed by atoms with Crippen molar-refractivity contribution in [2.45, 2.75) is 31.5 Å². The zero-order chi connectivity index (χ0) is 14.7. The smallest absolute Gasteiger partial charge is 0.389 e. The zero-order valence-corrected chi connectivity index (χ0v) is 11.0. The molecule has 9 heteroatoms. The average molecular weight is 303 g/mol. The van der Waals surface area contributed by atoms with Gasteiger partial charge in [0.05, 0.1) is 18.1 Å². The third-order valence-electron chi connectivity index (χ3n) is 2.97. The Morgan fingerprint density at radius 2 is 2.00 bits per heavy atom. The Morgan fingerprint density at radius 1 is 1.37 bits per heavy atom. The number of rotatable bonds is 6. The molecule has 19 heavy (non-hydrogen) atoms. The summed E-state index contributed by atoms with van der Waals surface area (Å²) in [4.78, 5) is 12.0. The molecule has 0 aromatic carbocycles. The van der Waals surface area contributed by atoms with Gasteiger partial charge in [-0.25, -0.2) is 8.42 Å². The highest BCUT2D eigenvalue weighted by atomic mass is 32.2. The number of sulfone groups is 1. The van der Waals surface area contributed by atoms with Crippen molar-refractivity contribution in [1.82, 2.24) is 4.90 Å². The van der Waals surface area contributed by atoms with Gasteiger partial charge in [0.2, 0.25) is 0 Å². The third-order valence-corrected chi connectivity index (χ3v) is 4.72. The van der Waals surface area contributed by atoms with Crippen LogP contribution >= 0.6 is 0 Å². The van der Waals surface area contributed by atoms with Crippen LogP contribution in [0.3, 0.4) is 0 Å². The van der Waals surface area contributed by atoms with Gasteiger partial charge in [0, 0.05) is 12.5 Å². The first-order chi connectivity index (χ1) is 8.59. The molecule has 1 heterocycles. The molecule has 0 aliphatic carbocycles. The van der Waals surface area contributed by atoms with E-state index in [1.165, 1.54) is 4.90 Å². The van der Waals surface area contributed by atoms with E-state index in [2.05, 4.69) is 0 Å². The molecule has 1 aliphatic heterocycles. The molecule has 0 bridgehead atoms. The molecule has 5 nitrogen and oxygen atoms in total. The fourth-order valence-corrected chi connectivity index (χ4v) is 3.87. The van der Waals surface area contributed by atoms with E-state index >= 15 is 0 Å². The van der Waals surface area contributed by atoms with Crippen LogP contribution in [0.2, 0.25) is 0 Å². The maximum atomic E-state index is 12.0. The van der Waals surface area contributed by atoms with Crippen molar-refractivity contribution in [3.63, 3.8) is 0 Å². The Bertz CT molecular complexity index is 421. The molecule has 1 unspecified atom stereocenters. The van der Waals surface area contributed by atoms with Crippen molar-refractivity contribution in [2.75, 3.05) is 24.6 Å². The van der Waals surface area contributed by atoms with Crippen LogP contribution in [0.4, 0.5) is 13.2 Å². The van der Waals surface area contributed by atoms with Crippen LogP contribution in [0.15, 0.2) is 0 Å². The third kappa shape index (κ3) is 6.24. The second kappa shape index (κ2) is 6.08. The van der Waals surface area contributed by atoms with Gasteiger partial charge in [0.25, 0.3) is 0 Å². The molecule has 0 spiro atoms. The number of aliphatic carboxylic acids is 1. The molecule has 1 aliphatic rings. The molecule has 0 saturated carbocycles. The van der Waals surface area contributed by atoms with Crippen molar-refractivity contribution in [3.05, 3.63) is 0 Å². The lowest BCUT2D eigenvalue weighted by atomic mass is 10.2. The summed E-state index contributed by atoms with van der Waals surface area (Å²) in [6.07, 6.45) is -5.23. The first kappa shape index (κ1) is 16.2. The van der Waals surface area contributed by atoms with Crippen LogP contribution < -0.4 is 0 Å². The number of carboxylic acids is 1. The predicted octanol–water partition coefficient (Wildman–Crippen LogP) is 0.903. The van der Waals surface area contributed by atoms with Crippen molar-refractivity contribution in [2.24, 2.45) is 0 Å². The molecular weight excluding hydrogens is 287 g/mol. The SMILES string of the molecule is O=C(O)CN(CCCC(F)(F)F)C1CCS(=O)(=O)C1. The minimum absolute atomic E-state index is 0.0347. The Balaban J connectivity index is 2.55. The van der Waals surface area contributed by atoms with Crippen LogP contribution in [-0.4, -0.2) is 61.2 Å². The minimum atomic E-state index is -4.28. The van der Waals surface area contributed by atoms with Crippen LogP contribution in [0.1, 0.15) is 19.3 Å². The van der Waals surface area contributed by atoms with Crippen molar-refractivity contribution < 1.29 is 31.5 Å². The summed E-state index contributed by atoms with van der Waals surface area (Å²) in [5.74, 6) is -1.38. The fraction of sp³-hybridized carbons (Fsp3) is 0.900. The summed E-state index contributed by atoms with van der Waals surface area (Å²) >= 11 is 0. The van der Waals surface area contributed by atoms with Gasteiger partial charge in [-0.05, 0) is 19.4 Å². The number of nitrogens with zero attached hydrogens (tertiary/aromatic N) is 1. The molecule has 0 aromatic rings. The van der Waals surface area contributed by atoms with Gasteiger partial charge in [-0.1, -0.05) is 0 Å². The van der Waals surface area contributed by atoms with Crippen LogP contribution in [-0.2, 0) is 14.6 Å². The number of halogens is 3. The molecule has 0 aromatic heterocycles. The van der Waals surface area contributed by atoms with E-state index in [0.717, 1.165) is 0 Å². The molecule has 1 N–H and O–H groups in total. The van der Waals surface area contributed by atoms with Crippen LogP contribution in [0.25, 0.3) is 0 Å². The summed E-state index contributed by atoms with van der Waals surface area (Å²) in [6, 6.07) is -0.491. The number of carbonyl (C=O) groups is 1. The standard InChI is InChI=1S/C10H16F3NO4S/c11-10(12,13)3-1-4-14(6-9(15)16)8-2-5-19(17,18)7-8/h8H,1-7H2,(H,15,16). The highest BCUT2D eigenvalue weighted by molar-refractivity contribution is 7.91. The lowest BCUT2D eigenvalue weighted by Crippen LogP contribution is -2.40. The van der Waals surface area contributed by atoms with Crippen molar-refractivity contribution in [3.8, 4) is 0 Å². The molecule has 1 atom stereocenters. The second-order valence-corrected chi connectivity index (χ2v) is 6.87. The van der Waals surface area contributed by atoms with E-state index in [-0.39, 0.29) is 30.9 Å². The Hall–Kier alpha value is -0.830. The number of carboxylic acid groups (broad SMARTS) is 1. The molecule has 1 saturated heterocycles. The summed E-state index contributed by atoms with van der Waals surface area (Å²) in [6.45, 7) is -0.496. The maximum Gasteiger partial charge on any atom is 0.389 e. The van der Waals surface area contributed by atoms with E-state index in [0.29, 0.717) is 0 Å². The minimum Gasteiger partial charge on any atom is -0.480 e. The topological polar surface area (TPSA) is 74.7 Å². The summed E-state index contributed by atoms with van der Waals surface area (Å²) in [5, 5.41) is 8.72. The summed E-state index contributed by atoms with van der Waals surface area (Å²) < 4.78 is 58.7. The van der Waals surface area contributed by atoms with Gasteiger partial charge in [0.1, 0.15) is 0 Å². The van der Waals surface area contributed by atoms with Gasteiger partial charge in [0.15, 0.2) is 9.84 Å². The van der Waals surface area contributed by atoms with E-state index in [1.54, 1.807) is 0 Å². The van der Waals surface area contributed by atoms with Gasteiger partial charge in [-0.15, -0.1) is 0 Å². The lowest BCUT2D eigenvalue weighted by molar-refractivity contribution is -0.140. The number of hydrogen-bond donors (Lipinski definition) is 1. The molecular formula is C10H16F3NO4S. The van der Waals surface area contributed by atoms with Crippen molar-refractivity contribution >= 4 is 15.8 Å². The molecule has 0 radical (unpaired) electrons. The first-order valence-electron chi connectivity index (χ1n) is 5.82. The number of alkyl halides is 3. The van der Waals surface area contributed by atoms with E-state index in [1.807, 2.05) is 0 Å². The Morgan fingerprint density at radius 3 is 2.42 bits per heavy atom. The van der Waals surface area contributed by atoms with Gasteiger partial charge in [-0.2, -0.15) is 13.2 Å². The Kier molecular flexibility index (Phi) is 5.19. The van der Waals surface area contributed by atoms with Crippen molar-refractivity contribution in [1.29, 1.82) is 0 Å². The highest BCUT2D eigenvalue weighted by Gasteiger charge is 2.34. The molecule has 1 fully saturated rings. The zero-order valence-electron chi connectivity index (χ0n) is 10.2. The molecule has 0 amide bonds. The van der Waals surface area contributed by atoms with Crippen LogP contribution in [0, 0.1) is 0 Å². The highest BCUT2D eigenvalue weighted by Crippen LogP contribution is 2.23. The fourth-order valence-electron chi connectivity index (χ4n) is 2.11. The van der Waals surface area contributed by atoms with Gasteiger partial charge >= 0.3 is 12.1 Å². The number of hydrogen-bond acceptors (Lipinski definition) is 4. The summed E-state index contributed by atoms with van der Waals surface area (Å²) in [5.41, 5.74) is 0. The second-order valence-electron chi connectivity index (χ2n) is 4.64. The first-order valence-corrected chi connectivity index (χ1v) is 7.64. The Labute approximate surface area is 109 Å². The largest absolute Gasteiger partial charge is 0.480 e. The molecule has 112 valence electrons. The van der Waals surface area contributed by atoms with E-state index < -0.39 is 41.0 Å². The summed E-state index contributed by atoms with van der Waals surface area (Å²) in [7, 11) is -3.19. The van der Waals surface area contributed by atoms with Crippen LogP contribution in [0.5, 0.6) is 0 Å². The lowest BCUT2D eigenvalue weighted by Gasteiger charge is -2.26. The normalized spacial score (nSPS) is 22.8.